The zero-order valence-electron chi connectivity index (χ0n) is 17.9. The average molecular weight is 481 g/mol. The number of amides is 2. The van der Waals surface area contributed by atoms with Crippen molar-refractivity contribution in [3.8, 4) is 11.1 Å². The maximum absolute atomic E-state index is 14.9. The third-order valence-electron chi connectivity index (χ3n) is 5.67. The molecule has 2 aromatic rings. The summed E-state index contributed by atoms with van der Waals surface area (Å²) in [6.45, 7) is -0.279. The summed E-state index contributed by atoms with van der Waals surface area (Å²) in [6.07, 6.45) is -0.879. The number of rotatable bonds is 6. The number of esters is 1. The van der Waals surface area contributed by atoms with Crippen molar-refractivity contribution in [2.45, 2.75) is 31.3 Å². The number of hydrogen-bond acceptors (Lipinski definition) is 6. The van der Waals surface area contributed by atoms with E-state index in [1.807, 2.05) is 0 Å². The van der Waals surface area contributed by atoms with Gasteiger partial charge in [0, 0.05) is 36.7 Å². The molecule has 2 aliphatic heterocycles. The number of carbonyl (C=O) groups excluding carboxylic acids is 3. The summed E-state index contributed by atoms with van der Waals surface area (Å²) >= 11 is 0. The SMILES string of the molecule is COC(=O)CC[C@H]1CN(c2ccc(-c3ccc(N4CCC(F)(F)C4=O)nc3)c(F)c2F)C(=O)O1. The molecule has 4 rings (SSSR count). The Hall–Kier alpha value is -3.70. The Morgan fingerprint density at radius 2 is 1.94 bits per heavy atom. The van der Waals surface area contributed by atoms with Crippen LogP contribution in [0.15, 0.2) is 30.5 Å². The number of pyridine rings is 1. The van der Waals surface area contributed by atoms with Gasteiger partial charge in [-0.1, -0.05) is 0 Å². The number of cyclic esters (lactones) is 1. The molecule has 0 unspecified atom stereocenters. The lowest BCUT2D eigenvalue weighted by Gasteiger charge is -2.17. The first-order chi connectivity index (χ1) is 16.1. The summed E-state index contributed by atoms with van der Waals surface area (Å²) in [7, 11) is 1.22. The summed E-state index contributed by atoms with van der Waals surface area (Å²) in [5, 5.41) is 0. The van der Waals surface area contributed by atoms with Crippen LogP contribution in [0.4, 0.5) is 33.9 Å². The van der Waals surface area contributed by atoms with Crippen LogP contribution in [0.2, 0.25) is 0 Å². The molecular weight excluding hydrogens is 462 g/mol. The van der Waals surface area contributed by atoms with Crippen molar-refractivity contribution in [3.63, 3.8) is 0 Å². The highest BCUT2D eigenvalue weighted by molar-refractivity contribution is 6.00. The molecule has 12 heteroatoms. The molecule has 2 amide bonds. The van der Waals surface area contributed by atoms with E-state index in [1.54, 1.807) is 0 Å². The van der Waals surface area contributed by atoms with Gasteiger partial charge in [-0.3, -0.25) is 19.4 Å². The van der Waals surface area contributed by atoms with Crippen LogP contribution in [0.3, 0.4) is 0 Å². The number of halogens is 4. The molecular formula is C22H19F4N3O5. The highest BCUT2D eigenvalue weighted by Gasteiger charge is 2.48. The third kappa shape index (κ3) is 4.27. The van der Waals surface area contributed by atoms with Crippen LogP contribution in [-0.4, -0.2) is 55.2 Å². The van der Waals surface area contributed by atoms with Gasteiger partial charge in [-0.25, -0.2) is 18.6 Å². The Bertz CT molecular complexity index is 1140. The van der Waals surface area contributed by atoms with E-state index in [4.69, 9.17) is 4.74 Å². The van der Waals surface area contributed by atoms with Gasteiger partial charge in [0.15, 0.2) is 11.6 Å². The third-order valence-corrected chi connectivity index (χ3v) is 5.67. The molecule has 2 aliphatic rings. The second-order valence-electron chi connectivity index (χ2n) is 7.81. The lowest BCUT2D eigenvalue weighted by molar-refractivity contribution is -0.141. The van der Waals surface area contributed by atoms with Gasteiger partial charge in [0.1, 0.15) is 11.9 Å². The fraction of sp³-hybridized carbons (Fsp3) is 0.364. The van der Waals surface area contributed by atoms with Gasteiger partial charge in [0.2, 0.25) is 0 Å². The average Bonchev–Trinajstić information content (AvgIpc) is 3.32. The second-order valence-corrected chi connectivity index (χ2v) is 7.81. The molecule has 1 aromatic carbocycles. The minimum Gasteiger partial charge on any atom is -0.469 e. The van der Waals surface area contributed by atoms with Crippen LogP contribution >= 0.6 is 0 Å². The van der Waals surface area contributed by atoms with Crippen molar-refractivity contribution >= 4 is 29.5 Å². The van der Waals surface area contributed by atoms with Gasteiger partial charge in [-0.15, -0.1) is 0 Å². The van der Waals surface area contributed by atoms with Crippen molar-refractivity contribution in [3.05, 3.63) is 42.1 Å². The summed E-state index contributed by atoms with van der Waals surface area (Å²) < 4.78 is 66.3. The zero-order valence-corrected chi connectivity index (χ0v) is 17.9. The largest absolute Gasteiger partial charge is 0.469 e. The number of hydrogen-bond donors (Lipinski definition) is 0. The number of aromatic nitrogens is 1. The van der Waals surface area contributed by atoms with E-state index in [1.165, 1.54) is 31.4 Å². The lowest BCUT2D eigenvalue weighted by atomic mass is 10.1. The number of alkyl halides is 2. The molecule has 0 saturated carbocycles. The van der Waals surface area contributed by atoms with Gasteiger partial charge >= 0.3 is 18.0 Å². The minimum atomic E-state index is -3.46. The van der Waals surface area contributed by atoms with Crippen molar-refractivity contribution in [2.75, 3.05) is 30.0 Å². The lowest BCUT2D eigenvalue weighted by Crippen LogP contribution is -2.33. The van der Waals surface area contributed by atoms with Gasteiger partial charge in [-0.2, -0.15) is 8.78 Å². The molecule has 1 aromatic heterocycles. The molecule has 2 fully saturated rings. The topological polar surface area (TPSA) is 89.0 Å². The molecule has 0 radical (unpaired) electrons. The fourth-order valence-electron chi connectivity index (χ4n) is 3.80. The summed E-state index contributed by atoms with van der Waals surface area (Å²) in [6, 6.07) is 5.05. The maximum Gasteiger partial charge on any atom is 0.414 e. The molecule has 3 heterocycles. The first-order valence-corrected chi connectivity index (χ1v) is 10.3. The molecule has 1 atom stereocenters. The smallest absolute Gasteiger partial charge is 0.414 e. The Balaban J connectivity index is 1.51. The summed E-state index contributed by atoms with van der Waals surface area (Å²) in [4.78, 5) is 40.9. The highest BCUT2D eigenvalue weighted by Crippen LogP contribution is 2.35. The van der Waals surface area contributed by atoms with E-state index < -0.39 is 48.1 Å². The zero-order chi connectivity index (χ0) is 24.6. The first-order valence-electron chi connectivity index (χ1n) is 10.3. The highest BCUT2D eigenvalue weighted by atomic mass is 19.3. The molecule has 2 saturated heterocycles. The number of ether oxygens (including phenoxy) is 2. The van der Waals surface area contributed by atoms with Gasteiger partial charge in [-0.05, 0) is 30.7 Å². The number of nitrogens with zero attached hydrogens (tertiary/aromatic N) is 3. The van der Waals surface area contributed by atoms with E-state index in [0.717, 1.165) is 16.0 Å². The van der Waals surface area contributed by atoms with Crippen LogP contribution in [0.25, 0.3) is 11.1 Å². The van der Waals surface area contributed by atoms with Crippen molar-refractivity contribution < 1.29 is 41.4 Å². The van der Waals surface area contributed by atoms with E-state index in [2.05, 4.69) is 9.72 Å². The summed E-state index contributed by atoms with van der Waals surface area (Å²) in [5.74, 6) is -7.87. The molecule has 0 N–H and O–H groups in total. The molecule has 0 bridgehead atoms. The second kappa shape index (κ2) is 8.92. The molecule has 180 valence electrons. The van der Waals surface area contributed by atoms with Gasteiger partial charge in [0.05, 0.1) is 19.3 Å². The monoisotopic (exact) mass is 481 g/mol. The van der Waals surface area contributed by atoms with Crippen molar-refractivity contribution in [2.24, 2.45) is 0 Å². The number of carbonyl (C=O) groups is 3. The molecule has 0 spiro atoms. The Kier molecular flexibility index (Phi) is 6.15. The predicted octanol–water partition coefficient (Wildman–Crippen LogP) is 3.68. The van der Waals surface area contributed by atoms with Crippen LogP contribution in [0.5, 0.6) is 0 Å². The molecule has 34 heavy (non-hydrogen) atoms. The van der Waals surface area contributed by atoms with Gasteiger partial charge in [0.25, 0.3) is 5.91 Å². The Morgan fingerprint density at radius 3 is 2.56 bits per heavy atom. The van der Waals surface area contributed by atoms with Crippen LogP contribution in [0.1, 0.15) is 19.3 Å². The minimum absolute atomic E-state index is 0.00172. The van der Waals surface area contributed by atoms with E-state index >= 15 is 0 Å². The quantitative estimate of drug-likeness (QED) is 0.462. The van der Waals surface area contributed by atoms with Crippen LogP contribution < -0.4 is 9.80 Å². The standard InChI is InChI=1S/C22H19F4N3O5/c1-33-17(30)7-3-13-11-29(21(32)34-13)15-5-4-14(18(23)19(15)24)12-2-6-16(27-10-12)28-9-8-22(25,26)20(28)31/h2,4-6,10,13H,3,7-9,11H2,1H3/t13-/m0/s1. The fourth-order valence-corrected chi connectivity index (χ4v) is 3.80. The Labute approximate surface area is 191 Å². The normalized spacial score (nSPS) is 19.5. The van der Waals surface area contributed by atoms with Crippen molar-refractivity contribution in [1.29, 1.82) is 0 Å². The summed E-state index contributed by atoms with van der Waals surface area (Å²) in [5.41, 5.74) is -0.362. The van der Waals surface area contributed by atoms with Gasteiger partial charge < -0.3 is 9.47 Å². The number of methoxy groups -OCH3 is 1. The number of benzene rings is 1. The Morgan fingerprint density at radius 1 is 1.18 bits per heavy atom. The molecule has 8 nitrogen and oxygen atoms in total. The maximum atomic E-state index is 14.9. The predicted molar refractivity (Wildman–Crippen MR) is 110 cm³/mol. The van der Waals surface area contributed by atoms with E-state index in [-0.39, 0.29) is 48.6 Å². The number of anilines is 2. The van der Waals surface area contributed by atoms with Crippen LogP contribution in [0, 0.1) is 11.6 Å². The van der Waals surface area contributed by atoms with Crippen molar-refractivity contribution in [1.82, 2.24) is 4.98 Å². The van der Waals surface area contributed by atoms with E-state index in [0.29, 0.717) is 0 Å². The van der Waals surface area contributed by atoms with E-state index in [9.17, 15) is 31.9 Å². The van der Waals surface area contributed by atoms with Crippen LogP contribution in [-0.2, 0) is 19.1 Å². The molecule has 0 aliphatic carbocycles. The first kappa shape index (κ1) is 23.5.